The lowest BCUT2D eigenvalue weighted by Gasteiger charge is -2.24. The molecule has 0 spiro atoms. The minimum Gasteiger partial charge on any atom is -0.361 e. The first kappa shape index (κ1) is 11.5. The predicted octanol–water partition coefficient (Wildman–Crippen LogP) is 3.93. The van der Waals surface area contributed by atoms with Crippen molar-refractivity contribution in [1.29, 1.82) is 0 Å². The fraction of sp³-hybridized carbons (Fsp3) is 0.357. The number of rotatable bonds is 2. The van der Waals surface area contributed by atoms with E-state index in [-0.39, 0.29) is 0 Å². The molecule has 0 saturated heterocycles. The fourth-order valence-electron chi connectivity index (χ4n) is 2.94. The first-order valence-corrected chi connectivity index (χ1v) is 6.50. The van der Waals surface area contributed by atoms with Crippen LogP contribution in [-0.2, 0) is 10.3 Å². The summed E-state index contributed by atoms with van der Waals surface area (Å²) < 4.78 is 0. The number of aromatic nitrogens is 1. The van der Waals surface area contributed by atoms with Gasteiger partial charge in [-0.3, -0.25) is 0 Å². The largest absolute Gasteiger partial charge is 0.361 e. The van der Waals surface area contributed by atoms with Crippen LogP contribution in [0, 0.1) is 0 Å². The summed E-state index contributed by atoms with van der Waals surface area (Å²) in [7, 11) is 0. The number of nitrogens with one attached hydrogen (secondary N) is 1. The first-order chi connectivity index (χ1) is 8.77. The quantitative estimate of drug-likeness (QED) is 0.645. The minimum atomic E-state index is -0.454. The Bertz CT molecular complexity index is 634. The molecule has 0 radical (unpaired) electrons. The average molecular weight is 261 g/mol. The Hall–Kier alpha value is -1.57. The SMILES string of the molecule is O=C=NC1(c2ccc3[nH]ccc3c2Cl)CCCC1. The Morgan fingerprint density at radius 1 is 1.28 bits per heavy atom. The maximum atomic E-state index is 10.7. The summed E-state index contributed by atoms with van der Waals surface area (Å²) >= 11 is 6.48. The Kier molecular flexibility index (Phi) is 2.73. The first-order valence-electron chi connectivity index (χ1n) is 6.12. The van der Waals surface area contributed by atoms with Gasteiger partial charge < -0.3 is 4.98 Å². The Labute approximate surface area is 110 Å². The molecule has 92 valence electrons. The third-order valence-corrected chi connectivity index (χ3v) is 4.27. The van der Waals surface area contributed by atoms with Crippen molar-refractivity contribution in [1.82, 2.24) is 4.98 Å². The number of H-pyrrole nitrogens is 1. The van der Waals surface area contributed by atoms with Gasteiger partial charge in [-0.15, -0.1) is 0 Å². The van der Waals surface area contributed by atoms with Crippen LogP contribution < -0.4 is 0 Å². The third kappa shape index (κ3) is 1.59. The normalized spacial score (nSPS) is 17.8. The molecule has 4 heteroatoms. The van der Waals surface area contributed by atoms with Crippen LogP contribution in [0.1, 0.15) is 31.2 Å². The maximum Gasteiger partial charge on any atom is 0.235 e. The number of fused-ring (bicyclic) bond motifs is 1. The molecule has 1 aromatic carbocycles. The van der Waals surface area contributed by atoms with Crippen molar-refractivity contribution >= 4 is 28.6 Å². The predicted molar refractivity (Wildman–Crippen MR) is 71.6 cm³/mol. The van der Waals surface area contributed by atoms with Gasteiger partial charge in [0.05, 0.1) is 10.6 Å². The zero-order chi connectivity index (χ0) is 12.6. The molecule has 1 N–H and O–H groups in total. The fourth-order valence-corrected chi connectivity index (χ4v) is 3.35. The molecular formula is C14H13ClN2O. The lowest BCUT2D eigenvalue weighted by molar-refractivity contribution is 0.456. The number of aliphatic imine (C=N–C) groups is 1. The Morgan fingerprint density at radius 2 is 2.06 bits per heavy atom. The molecule has 0 atom stereocenters. The molecule has 0 bridgehead atoms. The highest BCUT2D eigenvalue weighted by Crippen LogP contribution is 2.46. The van der Waals surface area contributed by atoms with Gasteiger partial charge in [0.15, 0.2) is 0 Å². The summed E-state index contributed by atoms with van der Waals surface area (Å²) in [6, 6.07) is 5.93. The summed E-state index contributed by atoms with van der Waals surface area (Å²) in [4.78, 5) is 17.9. The third-order valence-electron chi connectivity index (χ3n) is 3.86. The Morgan fingerprint density at radius 3 is 2.78 bits per heavy atom. The summed E-state index contributed by atoms with van der Waals surface area (Å²) in [6.45, 7) is 0. The highest BCUT2D eigenvalue weighted by atomic mass is 35.5. The topological polar surface area (TPSA) is 45.2 Å². The average Bonchev–Trinajstić information content (AvgIpc) is 2.99. The highest BCUT2D eigenvalue weighted by molar-refractivity contribution is 6.36. The van der Waals surface area contributed by atoms with Gasteiger partial charge >= 0.3 is 0 Å². The molecule has 1 aliphatic carbocycles. The number of halogens is 1. The van der Waals surface area contributed by atoms with Crippen LogP contribution in [0.5, 0.6) is 0 Å². The van der Waals surface area contributed by atoms with E-state index in [9.17, 15) is 4.79 Å². The van der Waals surface area contributed by atoms with Gasteiger partial charge in [0.2, 0.25) is 6.08 Å². The van der Waals surface area contributed by atoms with Crippen molar-refractivity contribution in [2.24, 2.45) is 4.99 Å². The van der Waals surface area contributed by atoms with Gasteiger partial charge in [-0.05, 0) is 30.5 Å². The van der Waals surface area contributed by atoms with Crippen molar-refractivity contribution in [3.63, 3.8) is 0 Å². The van der Waals surface area contributed by atoms with Crippen molar-refractivity contribution in [2.45, 2.75) is 31.2 Å². The molecule has 1 heterocycles. The molecule has 2 aromatic rings. The molecule has 18 heavy (non-hydrogen) atoms. The summed E-state index contributed by atoms with van der Waals surface area (Å²) in [5.41, 5.74) is 1.51. The molecule has 3 rings (SSSR count). The number of carbonyl (C=O) groups excluding carboxylic acids is 1. The Balaban J connectivity index is 2.23. The number of hydrogen-bond acceptors (Lipinski definition) is 2. The van der Waals surface area contributed by atoms with Crippen LogP contribution in [0.25, 0.3) is 10.9 Å². The van der Waals surface area contributed by atoms with Gasteiger partial charge in [-0.2, -0.15) is 4.99 Å². The second-order valence-electron chi connectivity index (χ2n) is 4.81. The van der Waals surface area contributed by atoms with Crippen LogP contribution in [0.15, 0.2) is 29.4 Å². The zero-order valence-electron chi connectivity index (χ0n) is 9.87. The summed E-state index contributed by atoms with van der Waals surface area (Å²) in [5.74, 6) is 0. The number of benzene rings is 1. The van der Waals surface area contributed by atoms with Crippen LogP contribution in [0.3, 0.4) is 0 Å². The van der Waals surface area contributed by atoms with Crippen molar-refractivity contribution in [3.8, 4) is 0 Å². The van der Waals surface area contributed by atoms with E-state index in [2.05, 4.69) is 9.98 Å². The van der Waals surface area contributed by atoms with E-state index in [1.807, 2.05) is 24.4 Å². The molecule has 1 fully saturated rings. The van der Waals surface area contributed by atoms with Crippen molar-refractivity contribution in [3.05, 3.63) is 35.0 Å². The minimum absolute atomic E-state index is 0.454. The molecule has 0 aliphatic heterocycles. The molecular weight excluding hydrogens is 248 g/mol. The van der Waals surface area contributed by atoms with Gasteiger partial charge in [-0.25, -0.2) is 4.79 Å². The zero-order valence-corrected chi connectivity index (χ0v) is 10.6. The van der Waals surface area contributed by atoms with Gasteiger partial charge in [0.1, 0.15) is 0 Å². The molecule has 0 amide bonds. The van der Waals surface area contributed by atoms with E-state index >= 15 is 0 Å². The number of nitrogens with zero attached hydrogens (tertiary/aromatic N) is 1. The second-order valence-corrected chi connectivity index (χ2v) is 5.19. The molecule has 1 aliphatic rings. The number of isocyanates is 1. The van der Waals surface area contributed by atoms with E-state index in [4.69, 9.17) is 11.6 Å². The molecule has 3 nitrogen and oxygen atoms in total. The lowest BCUT2D eigenvalue weighted by atomic mass is 9.88. The maximum absolute atomic E-state index is 10.7. The lowest BCUT2D eigenvalue weighted by Crippen LogP contribution is -2.19. The van der Waals surface area contributed by atoms with Crippen LogP contribution in [0.4, 0.5) is 0 Å². The second kappa shape index (κ2) is 4.27. The van der Waals surface area contributed by atoms with Gasteiger partial charge in [0, 0.05) is 17.1 Å². The van der Waals surface area contributed by atoms with E-state index in [1.54, 1.807) is 6.08 Å². The van der Waals surface area contributed by atoms with E-state index in [1.165, 1.54) is 0 Å². The molecule has 1 saturated carbocycles. The summed E-state index contributed by atoms with van der Waals surface area (Å²) in [6.07, 6.45) is 7.49. The van der Waals surface area contributed by atoms with Crippen LogP contribution in [0.2, 0.25) is 5.02 Å². The van der Waals surface area contributed by atoms with E-state index < -0.39 is 5.54 Å². The van der Waals surface area contributed by atoms with Crippen molar-refractivity contribution < 1.29 is 4.79 Å². The number of hydrogen-bond donors (Lipinski definition) is 1. The highest BCUT2D eigenvalue weighted by Gasteiger charge is 2.37. The number of aromatic amines is 1. The summed E-state index contributed by atoms with van der Waals surface area (Å²) in [5, 5.41) is 1.69. The molecule has 0 unspecified atom stereocenters. The monoisotopic (exact) mass is 260 g/mol. The molecule has 1 aromatic heterocycles. The van der Waals surface area contributed by atoms with Gasteiger partial charge in [0.25, 0.3) is 0 Å². The van der Waals surface area contributed by atoms with Crippen LogP contribution >= 0.6 is 11.6 Å². The standard InChI is InChI=1S/C14H13ClN2O/c15-13-10-5-8-16-12(10)4-3-11(13)14(17-9-18)6-1-2-7-14/h3-5,8,16H,1-2,6-7H2. The van der Waals surface area contributed by atoms with E-state index in [0.29, 0.717) is 5.02 Å². The van der Waals surface area contributed by atoms with Crippen molar-refractivity contribution in [2.75, 3.05) is 0 Å². The van der Waals surface area contributed by atoms with E-state index in [0.717, 1.165) is 42.1 Å². The smallest absolute Gasteiger partial charge is 0.235 e. The van der Waals surface area contributed by atoms with Crippen LogP contribution in [-0.4, -0.2) is 11.1 Å². The van der Waals surface area contributed by atoms with Gasteiger partial charge in [-0.1, -0.05) is 30.5 Å².